The second-order valence-corrected chi connectivity index (χ2v) is 8.14. The maximum atomic E-state index is 12.6. The molecule has 0 aliphatic rings. The quantitative estimate of drug-likeness (QED) is 0.728. The number of likely N-dealkylation sites (N-methyl/N-ethyl adjacent to an activating group) is 1. The topological polar surface area (TPSA) is 63.7 Å². The van der Waals surface area contributed by atoms with Crippen LogP contribution < -0.4 is 4.74 Å². The number of aryl methyl sites for hydroxylation is 1. The summed E-state index contributed by atoms with van der Waals surface area (Å²) in [7, 11) is -3.13. The summed E-state index contributed by atoms with van der Waals surface area (Å²) in [5.74, 6) is 0.479. The Labute approximate surface area is 139 Å². The van der Waals surface area contributed by atoms with Crippen LogP contribution in [0.25, 0.3) is 0 Å². The van der Waals surface area contributed by atoms with Crippen molar-refractivity contribution in [3.05, 3.63) is 29.8 Å². The number of benzene rings is 1. The average Bonchev–Trinajstić information content (AvgIpc) is 2.49. The molecule has 0 saturated carbocycles. The van der Waals surface area contributed by atoms with Crippen molar-refractivity contribution in [1.29, 1.82) is 0 Å². The fraction of sp³-hybridized carbons (Fsp3) is 0.588. The lowest BCUT2D eigenvalue weighted by molar-refractivity contribution is -0.139. The lowest BCUT2D eigenvalue weighted by Gasteiger charge is -2.30. The van der Waals surface area contributed by atoms with E-state index >= 15 is 0 Å². The van der Waals surface area contributed by atoms with Gasteiger partial charge in [-0.25, -0.2) is 8.42 Å². The van der Waals surface area contributed by atoms with Gasteiger partial charge in [0.1, 0.15) is 5.75 Å². The van der Waals surface area contributed by atoms with E-state index in [4.69, 9.17) is 4.74 Å². The predicted octanol–water partition coefficient (Wildman–Crippen LogP) is 2.43. The van der Waals surface area contributed by atoms with Gasteiger partial charge in [-0.2, -0.15) is 0 Å². The molecule has 0 spiro atoms. The van der Waals surface area contributed by atoms with E-state index in [2.05, 4.69) is 0 Å². The molecule has 0 aliphatic heterocycles. The molecule has 0 bridgehead atoms. The van der Waals surface area contributed by atoms with Gasteiger partial charge < -0.3 is 9.64 Å². The molecule has 0 radical (unpaired) electrons. The van der Waals surface area contributed by atoms with E-state index in [1.165, 1.54) is 0 Å². The predicted molar refractivity (Wildman–Crippen MR) is 92.4 cm³/mol. The van der Waals surface area contributed by atoms with Crippen molar-refractivity contribution in [3.63, 3.8) is 0 Å². The third-order valence-corrected chi connectivity index (χ3v) is 5.64. The lowest BCUT2D eigenvalue weighted by atomic mass is 10.2. The Morgan fingerprint density at radius 3 is 2.22 bits per heavy atom. The summed E-state index contributed by atoms with van der Waals surface area (Å²) in [6.07, 6.45) is -0.663. The highest BCUT2D eigenvalue weighted by Crippen LogP contribution is 2.15. The van der Waals surface area contributed by atoms with Crippen LogP contribution in [0.1, 0.15) is 33.3 Å². The van der Waals surface area contributed by atoms with Crippen molar-refractivity contribution in [2.45, 2.75) is 46.8 Å². The monoisotopic (exact) mass is 341 g/mol. The van der Waals surface area contributed by atoms with Crippen LogP contribution in [-0.2, 0) is 14.6 Å². The molecule has 0 aliphatic carbocycles. The van der Waals surface area contributed by atoms with Gasteiger partial charge in [0.15, 0.2) is 15.9 Å². The first-order valence-corrected chi connectivity index (χ1v) is 9.76. The maximum absolute atomic E-state index is 12.6. The van der Waals surface area contributed by atoms with Crippen LogP contribution in [-0.4, -0.2) is 49.4 Å². The average molecular weight is 341 g/mol. The van der Waals surface area contributed by atoms with Gasteiger partial charge in [-0.1, -0.05) is 24.6 Å². The van der Waals surface area contributed by atoms with Gasteiger partial charge in [-0.3, -0.25) is 4.79 Å². The second kappa shape index (κ2) is 8.34. The molecule has 0 unspecified atom stereocenters. The maximum Gasteiger partial charge on any atom is 0.263 e. The van der Waals surface area contributed by atoms with Gasteiger partial charge in [-0.05, 0) is 39.8 Å². The summed E-state index contributed by atoms with van der Waals surface area (Å²) in [6, 6.07) is 7.10. The zero-order chi connectivity index (χ0) is 17.6. The SMILES string of the molecule is CCN(C(=O)[C@H](C)Oc1ccc(C)cc1)[C@H](C)CS(=O)(=O)CC. The van der Waals surface area contributed by atoms with E-state index < -0.39 is 15.9 Å². The lowest BCUT2D eigenvalue weighted by Crippen LogP contribution is -2.47. The number of hydrogen-bond acceptors (Lipinski definition) is 4. The van der Waals surface area contributed by atoms with Crippen molar-refractivity contribution >= 4 is 15.7 Å². The van der Waals surface area contributed by atoms with E-state index in [1.54, 1.807) is 25.7 Å². The molecule has 23 heavy (non-hydrogen) atoms. The van der Waals surface area contributed by atoms with Crippen LogP contribution in [0, 0.1) is 6.92 Å². The Morgan fingerprint density at radius 2 is 1.74 bits per heavy atom. The number of hydrogen-bond donors (Lipinski definition) is 0. The Balaban J connectivity index is 2.76. The van der Waals surface area contributed by atoms with Gasteiger partial charge in [0.25, 0.3) is 5.91 Å². The molecule has 1 amide bonds. The third kappa shape index (κ3) is 5.86. The standard InChI is InChI=1S/C17H27NO4S/c1-6-18(14(4)12-23(20,21)7-2)17(19)15(5)22-16-10-8-13(3)9-11-16/h8-11,14-15H,6-7,12H2,1-5H3/t14-,15+/m1/s1. The third-order valence-electron chi connectivity index (χ3n) is 3.77. The van der Waals surface area contributed by atoms with E-state index in [-0.39, 0.29) is 23.5 Å². The summed E-state index contributed by atoms with van der Waals surface area (Å²) in [5, 5.41) is 0. The molecule has 1 aromatic carbocycles. The number of amides is 1. The molecule has 0 fully saturated rings. The van der Waals surface area contributed by atoms with E-state index in [9.17, 15) is 13.2 Å². The molecule has 0 heterocycles. The number of nitrogens with zero attached hydrogens (tertiary/aromatic N) is 1. The molecule has 2 atom stereocenters. The van der Waals surface area contributed by atoms with Crippen molar-refractivity contribution in [2.75, 3.05) is 18.1 Å². The minimum atomic E-state index is -3.13. The van der Waals surface area contributed by atoms with Crippen LogP contribution in [0.5, 0.6) is 5.75 Å². The van der Waals surface area contributed by atoms with Crippen LogP contribution in [0.15, 0.2) is 24.3 Å². The summed E-state index contributed by atoms with van der Waals surface area (Å²) >= 11 is 0. The van der Waals surface area contributed by atoms with Crippen LogP contribution in [0.2, 0.25) is 0 Å². The molecule has 0 saturated heterocycles. The fourth-order valence-electron chi connectivity index (χ4n) is 2.36. The Morgan fingerprint density at radius 1 is 1.17 bits per heavy atom. The number of carbonyl (C=O) groups excluding carboxylic acids is 1. The van der Waals surface area contributed by atoms with Gasteiger partial charge in [0, 0.05) is 18.3 Å². The highest BCUT2D eigenvalue weighted by Gasteiger charge is 2.27. The minimum absolute atomic E-state index is 0.0274. The largest absolute Gasteiger partial charge is 0.481 e. The normalized spacial score (nSPS) is 14.1. The van der Waals surface area contributed by atoms with Crippen LogP contribution in [0.3, 0.4) is 0 Å². The van der Waals surface area contributed by atoms with Crippen LogP contribution >= 0.6 is 0 Å². The van der Waals surface area contributed by atoms with E-state index in [0.29, 0.717) is 12.3 Å². The highest BCUT2D eigenvalue weighted by molar-refractivity contribution is 7.91. The van der Waals surface area contributed by atoms with E-state index in [0.717, 1.165) is 5.56 Å². The summed E-state index contributed by atoms with van der Waals surface area (Å²) in [4.78, 5) is 14.1. The molecule has 1 rings (SSSR count). The molecular weight excluding hydrogens is 314 g/mol. The molecule has 130 valence electrons. The zero-order valence-corrected chi connectivity index (χ0v) is 15.4. The highest BCUT2D eigenvalue weighted by atomic mass is 32.2. The van der Waals surface area contributed by atoms with Crippen molar-refractivity contribution in [2.24, 2.45) is 0 Å². The van der Waals surface area contributed by atoms with Crippen molar-refractivity contribution in [1.82, 2.24) is 4.90 Å². The van der Waals surface area contributed by atoms with Crippen molar-refractivity contribution < 1.29 is 17.9 Å². The fourth-order valence-corrected chi connectivity index (χ4v) is 3.52. The first-order chi connectivity index (χ1) is 10.7. The number of ether oxygens (including phenoxy) is 1. The first-order valence-electron chi connectivity index (χ1n) is 7.94. The molecular formula is C17H27NO4S. The Kier molecular flexibility index (Phi) is 7.06. The Hall–Kier alpha value is -1.56. The summed E-state index contributed by atoms with van der Waals surface area (Å²) < 4.78 is 29.2. The molecule has 6 heteroatoms. The van der Waals surface area contributed by atoms with Gasteiger partial charge >= 0.3 is 0 Å². The summed E-state index contributed by atoms with van der Waals surface area (Å²) in [6.45, 7) is 9.32. The molecule has 5 nitrogen and oxygen atoms in total. The van der Waals surface area contributed by atoms with Gasteiger partial charge in [0.2, 0.25) is 0 Å². The van der Waals surface area contributed by atoms with Gasteiger partial charge in [-0.15, -0.1) is 0 Å². The minimum Gasteiger partial charge on any atom is -0.481 e. The number of sulfone groups is 1. The molecule has 0 N–H and O–H groups in total. The zero-order valence-electron chi connectivity index (χ0n) is 14.6. The van der Waals surface area contributed by atoms with Crippen molar-refractivity contribution in [3.8, 4) is 5.75 Å². The second-order valence-electron chi connectivity index (χ2n) is 5.75. The number of carbonyl (C=O) groups is 1. The number of rotatable bonds is 8. The molecule has 0 aromatic heterocycles. The molecule has 1 aromatic rings. The smallest absolute Gasteiger partial charge is 0.263 e. The Bertz CT molecular complexity index is 610. The van der Waals surface area contributed by atoms with Crippen LogP contribution in [0.4, 0.5) is 0 Å². The van der Waals surface area contributed by atoms with Gasteiger partial charge in [0.05, 0.1) is 5.75 Å². The van der Waals surface area contributed by atoms with E-state index in [1.807, 2.05) is 38.1 Å². The first kappa shape index (κ1) is 19.5. The summed E-state index contributed by atoms with van der Waals surface area (Å²) in [5.41, 5.74) is 1.12.